The fourth-order valence-electron chi connectivity index (χ4n) is 1.11. The SMILES string of the molecule is C/C=C/CCCOc1ccccc1F. The standard InChI is InChI=1S/C12H15FO/c1-2-3-4-7-10-14-12-9-6-5-8-11(12)13/h2-3,5-6,8-9H,4,7,10H2,1H3/b3-2+. The van der Waals surface area contributed by atoms with Crippen LogP contribution in [0.5, 0.6) is 5.75 Å². The predicted octanol–water partition coefficient (Wildman–Crippen LogP) is 3.56. The van der Waals surface area contributed by atoms with Gasteiger partial charge in [-0.15, -0.1) is 0 Å². The minimum atomic E-state index is -0.293. The van der Waals surface area contributed by atoms with E-state index in [1.54, 1.807) is 18.2 Å². The zero-order valence-electron chi connectivity index (χ0n) is 8.37. The van der Waals surface area contributed by atoms with Gasteiger partial charge in [-0.1, -0.05) is 24.3 Å². The number of hydrogen-bond acceptors (Lipinski definition) is 1. The van der Waals surface area contributed by atoms with Crippen LogP contribution >= 0.6 is 0 Å². The van der Waals surface area contributed by atoms with Crippen LogP contribution in [0.1, 0.15) is 19.8 Å². The van der Waals surface area contributed by atoms with Crippen LogP contribution in [0.15, 0.2) is 36.4 Å². The second kappa shape index (κ2) is 6.19. The maximum atomic E-state index is 13.0. The number of para-hydroxylation sites is 1. The average molecular weight is 194 g/mol. The van der Waals surface area contributed by atoms with Crippen LogP contribution in [-0.4, -0.2) is 6.61 Å². The van der Waals surface area contributed by atoms with Crippen molar-refractivity contribution in [2.45, 2.75) is 19.8 Å². The van der Waals surface area contributed by atoms with Gasteiger partial charge in [0.15, 0.2) is 11.6 Å². The summed E-state index contributed by atoms with van der Waals surface area (Å²) in [5.41, 5.74) is 0. The number of halogens is 1. The van der Waals surface area contributed by atoms with E-state index in [0.29, 0.717) is 12.4 Å². The third-order valence-corrected chi connectivity index (χ3v) is 1.85. The summed E-state index contributed by atoms with van der Waals surface area (Å²) < 4.78 is 18.3. The number of ether oxygens (including phenoxy) is 1. The summed E-state index contributed by atoms with van der Waals surface area (Å²) in [6.07, 6.45) is 5.97. The Labute approximate surface area is 84.2 Å². The zero-order chi connectivity index (χ0) is 10.2. The van der Waals surface area contributed by atoms with Crippen molar-refractivity contribution < 1.29 is 9.13 Å². The third-order valence-electron chi connectivity index (χ3n) is 1.85. The Balaban J connectivity index is 2.28. The Morgan fingerprint density at radius 2 is 2.14 bits per heavy atom. The molecule has 0 unspecified atom stereocenters. The Morgan fingerprint density at radius 3 is 2.86 bits per heavy atom. The lowest BCUT2D eigenvalue weighted by Crippen LogP contribution is -1.98. The fourth-order valence-corrected chi connectivity index (χ4v) is 1.11. The molecule has 0 aliphatic carbocycles. The van der Waals surface area contributed by atoms with Crippen LogP contribution < -0.4 is 4.74 Å². The molecule has 0 saturated carbocycles. The summed E-state index contributed by atoms with van der Waals surface area (Å²) in [4.78, 5) is 0. The molecular weight excluding hydrogens is 179 g/mol. The van der Waals surface area contributed by atoms with Crippen LogP contribution in [0, 0.1) is 5.82 Å². The minimum absolute atomic E-state index is 0.293. The average Bonchev–Trinajstić information content (AvgIpc) is 2.20. The molecule has 14 heavy (non-hydrogen) atoms. The number of benzene rings is 1. The summed E-state index contributed by atoms with van der Waals surface area (Å²) in [5, 5.41) is 0. The van der Waals surface area contributed by atoms with E-state index in [0.717, 1.165) is 12.8 Å². The molecule has 0 atom stereocenters. The third kappa shape index (κ3) is 3.60. The van der Waals surface area contributed by atoms with E-state index in [1.807, 2.05) is 13.0 Å². The van der Waals surface area contributed by atoms with Crippen LogP contribution in [0.3, 0.4) is 0 Å². The number of rotatable bonds is 5. The van der Waals surface area contributed by atoms with Crippen molar-refractivity contribution in [1.29, 1.82) is 0 Å². The van der Waals surface area contributed by atoms with Gasteiger partial charge in [0.2, 0.25) is 0 Å². The molecule has 0 aliphatic heterocycles. The van der Waals surface area contributed by atoms with Gasteiger partial charge in [0.1, 0.15) is 0 Å². The lowest BCUT2D eigenvalue weighted by atomic mass is 10.3. The van der Waals surface area contributed by atoms with Crippen LogP contribution in [-0.2, 0) is 0 Å². The van der Waals surface area contributed by atoms with E-state index >= 15 is 0 Å². The number of hydrogen-bond donors (Lipinski definition) is 0. The zero-order valence-corrected chi connectivity index (χ0v) is 8.37. The first kappa shape index (κ1) is 10.8. The molecule has 0 aliphatic rings. The molecule has 0 aromatic heterocycles. The Hall–Kier alpha value is -1.31. The molecule has 0 spiro atoms. The van der Waals surface area contributed by atoms with Gasteiger partial charge in [0.25, 0.3) is 0 Å². The van der Waals surface area contributed by atoms with Gasteiger partial charge in [-0.05, 0) is 31.9 Å². The highest BCUT2D eigenvalue weighted by molar-refractivity contribution is 5.23. The Bertz CT molecular complexity index is 294. The Kier molecular flexibility index (Phi) is 4.76. The van der Waals surface area contributed by atoms with Crippen molar-refractivity contribution in [3.8, 4) is 5.75 Å². The highest BCUT2D eigenvalue weighted by Gasteiger charge is 1.99. The molecule has 1 aromatic rings. The maximum absolute atomic E-state index is 13.0. The maximum Gasteiger partial charge on any atom is 0.165 e. The first-order chi connectivity index (χ1) is 6.84. The molecular formula is C12H15FO. The lowest BCUT2D eigenvalue weighted by molar-refractivity contribution is 0.296. The fraction of sp³-hybridized carbons (Fsp3) is 0.333. The van der Waals surface area contributed by atoms with Gasteiger partial charge in [0, 0.05) is 0 Å². The normalized spacial score (nSPS) is 10.7. The quantitative estimate of drug-likeness (QED) is 0.514. The molecule has 0 saturated heterocycles. The topological polar surface area (TPSA) is 9.23 Å². The molecule has 0 N–H and O–H groups in total. The molecule has 1 aromatic carbocycles. The van der Waals surface area contributed by atoms with Gasteiger partial charge in [-0.2, -0.15) is 0 Å². The van der Waals surface area contributed by atoms with Gasteiger partial charge >= 0.3 is 0 Å². The van der Waals surface area contributed by atoms with E-state index in [2.05, 4.69) is 6.08 Å². The molecule has 1 nitrogen and oxygen atoms in total. The second-order valence-corrected chi connectivity index (χ2v) is 2.99. The number of allylic oxidation sites excluding steroid dienone is 2. The molecule has 0 amide bonds. The molecule has 0 radical (unpaired) electrons. The van der Waals surface area contributed by atoms with E-state index < -0.39 is 0 Å². The van der Waals surface area contributed by atoms with Crippen molar-refractivity contribution >= 4 is 0 Å². The summed E-state index contributed by atoms with van der Waals surface area (Å²) in [7, 11) is 0. The minimum Gasteiger partial charge on any atom is -0.491 e. The second-order valence-electron chi connectivity index (χ2n) is 2.99. The summed E-state index contributed by atoms with van der Waals surface area (Å²) in [5.74, 6) is 0.0477. The molecule has 76 valence electrons. The van der Waals surface area contributed by atoms with Gasteiger partial charge in [0.05, 0.1) is 6.61 Å². The van der Waals surface area contributed by atoms with E-state index in [9.17, 15) is 4.39 Å². The number of unbranched alkanes of at least 4 members (excludes halogenated alkanes) is 1. The largest absolute Gasteiger partial charge is 0.491 e. The molecule has 0 fully saturated rings. The van der Waals surface area contributed by atoms with Crippen molar-refractivity contribution in [3.05, 3.63) is 42.2 Å². The molecule has 2 heteroatoms. The van der Waals surface area contributed by atoms with Crippen molar-refractivity contribution in [2.24, 2.45) is 0 Å². The van der Waals surface area contributed by atoms with Gasteiger partial charge in [-0.3, -0.25) is 0 Å². The summed E-state index contributed by atoms with van der Waals surface area (Å²) >= 11 is 0. The Morgan fingerprint density at radius 1 is 1.36 bits per heavy atom. The monoisotopic (exact) mass is 194 g/mol. The van der Waals surface area contributed by atoms with E-state index in [1.165, 1.54) is 6.07 Å². The van der Waals surface area contributed by atoms with E-state index in [4.69, 9.17) is 4.74 Å². The van der Waals surface area contributed by atoms with E-state index in [-0.39, 0.29) is 5.82 Å². The summed E-state index contributed by atoms with van der Waals surface area (Å²) in [6, 6.07) is 6.47. The van der Waals surface area contributed by atoms with Crippen LogP contribution in [0.25, 0.3) is 0 Å². The van der Waals surface area contributed by atoms with Gasteiger partial charge < -0.3 is 4.74 Å². The summed E-state index contributed by atoms with van der Waals surface area (Å²) in [6.45, 7) is 2.54. The lowest BCUT2D eigenvalue weighted by Gasteiger charge is -2.05. The first-order valence-electron chi connectivity index (χ1n) is 4.83. The first-order valence-corrected chi connectivity index (χ1v) is 4.83. The molecule has 0 bridgehead atoms. The predicted molar refractivity (Wildman–Crippen MR) is 55.9 cm³/mol. The highest BCUT2D eigenvalue weighted by Crippen LogP contribution is 2.15. The van der Waals surface area contributed by atoms with Crippen LogP contribution in [0.4, 0.5) is 4.39 Å². The molecule has 1 rings (SSSR count). The van der Waals surface area contributed by atoms with Crippen LogP contribution in [0.2, 0.25) is 0 Å². The highest BCUT2D eigenvalue weighted by atomic mass is 19.1. The molecule has 0 heterocycles. The van der Waals surface area contributed by atoms with Crippen molar-refractivity contribution in [2.75, 3.05) is 6.61 Å². The smallest absolute Gasteiger partial charge is 0.165 e. The van der Waals surface area contributed by atoms with Crippen molar-refractivity contribution in [3.63, 3.8) is 0 Å². The van der Waals surface area contributed by atoms with Gasteiger partial charge in [-0.25, -0.2) is 4.39 Å². The van der Waals surface area contributed by atoms with Crippen molar-refractivity contribution in [1.82, 2.24) is 0 Å².